The van der Waals surface area contributed by atoms with Crippen LogP contribution >= 0.6 is 23.7 Å². The van der Waals surface area contributed by atoms with Crippen LogP contribution in [0.15, 0.2) is 41.8 Å². The van der Waals surface area contributed by atoms with E-state index in [4.69, 9.17) is 4.74 Å². The van der Waals surface area contributed by atoms with Crippen LogP contribution in [-0.2, 0) is 0 Å². The maximum atomic E-state index is 12.8. The zero-order chi connectivity index (χ0) is 13.7. The van der Waals surface area contributed by atoms with E-state index in [2.05, 4.69) is 36.5 Å². The van der Waals surface area contributed by atoms with Gasteiger partial charge in [-0.25, -0.2) is 4.39 Å². The lowest BCUT2D eigenvalue weighted by Gasteiger charge is -2.23. The molecule has 2 rings (SSSR count). The molecule has 110 valence electrons. The van der Waals surface area contributed by atoms with Gasteiger partial charge in [-0.05, 0) is 49.8 Å². The quantitative estimate of drug-likeness (QED) is 0.784. The molecule has 0 aliphatic rings. The molecular weight excluding hydrogens is 297 g/mol. The fourth-order valence-electron chi connectivity index (χ4n) is 1.96. The zero-order valence-corrected chi connectivity index (χ0v) is 13.2. The number of rotatable bonds is 6. The van der Waals surface area contributed by atoms with Crippen molar-refractivity contribution in [3.63, 3.8) is 0 Å². The molecule has 20 heavy (non-hydrogen) atoms. The minimum atomic E-state index is -0.239. The normalized spacial score (nSPS) is 12.0. The summed E-state index contributed by atoms with van der Waals surface area (Å²) < 4.78 is 18.4. The van der Waals surface area contributed by atoms with E-state index in [1.807, 2.05) is 0 Å². The first-order valence-corrected chi connectivity index (χ1v) is 7.13. The van der Waals surface area contributed by atoms with Crippen molar-refractivity contribution in [3.05, 3.63) is 52.5 Å². The van der Waals surface area contributed by atoms with E-state index in [9.17, 15) is 4.39 Å². The maximum absolute atomic E-state index is 12.8. The highest BCUT2D eigenvalue weighted by Gasteiger charge is 2.14. The van der Waals surface area contributed by atoms with E-state index in [0.29, 0.717) is 18.4 Å². The van der Waals surface area contributed by atoms with Crippen LogP contribution in [0.5, 0.6) is 5.75 Å². The highest BCUT2D eigenvalue weighted by Crippen LogP contribution is 2.26. The van der Waals surface area contributed by atoms with Crippen molar-refractivity contribution in [2.24, 2.45) is 0 Å². The average molecular weight is 316 g/mol. The van der Waals surface area contributed by atoms with Crippen LogP contribution in [0, 0.1) is 5.82 Å². The second-order valence-corrected chi connectivity index (χ2v) is 5.57. The lowest BCUT2D eigenvalue weighted by Crippen LogP contribution is -2.21. The minimum absolute atomic E-state index is 0. The van der Waals surface area contributed by atoms with Crippen LogP contribution in [0.2, 0.25) is 0 Å². The van der Waals surface area contributed by atoms with Gasteiger partial charge in [-0.1, -0.05) is 6.07 Å². The Morgan fingerprint density at radius 1 is 1.20 bits per heavy atom. The van der Waals surface area contributed by atoms with E-state index in [1.165, 1.54) is 17.0 Å². The Bertz CT molecular complexity index is 487. The molecule has 1 aromatic carbocycles. The summed E-state index contributed by atoms with van der Waals surface area (Å²) in [5.74, 6) is 0.474. The molecule has 0 N–H and O–H groups in total. The molecule has 2 aromatic rings. The van der Waals surface area contributed by atoms with Gasteiger partial charge in [-0.2, -0.15) is 0 Å². The van der Waals surface area contributed by atoms with Gasteiger partial charge in [0.1, 0.15) is 11.6 Å². The summed E-state index contributed by atoms with van der Waals surface area (Å²) >= 11 is 1.76. The van der Waals surface area contributed by atoms with Crippen molar-refractivity contribution in [1.82, 2.24) is 4.90 Å². The average Bonchev–Trinajstić information content (AvgIpc) is 2.90. The van der Waals surface area contributed by atoms with E-state index >= 15 is 0 Å². The van der Waals surface area contributed by atoms with Gasteiger partial charge in [-0.15, -0.1) is 23.7 Å². The third-order valence-electron chi connectivity index (χ3n) is 2.97. The fraction of sp³-hybridized carbons (Fsp3) is 0.333. The molecule has 0 saturated carbocycles. The predicted octanol–water partition coefficient (Wildman–Crippen LogP) is 4.38. The lowest BCUT2D eigenvalue weighted by atomic mass is 10.1. The Kier molecular flexibility index (Phi) is 6.99. The summed E-state index contributed by atoms with van der Waals surface area (Å²) in [5.41, 5.74) is 0. The number of hydrogen-bond acceptors (Lipinski definition) is 3. The monoisotopic (exact) mass is 315 g/mol. The molecule has 0 radical (unpaired) electrons. The van der Waals surface area contributed by atoms with Crippen molar-refractivity contribution in [3.8, 4) is 5.75 Å². The summed E-state index contributed by atoms with van der Waals surface area (Å²) in [4.78, 5) is 3.53. The summed E-state index contributed by atoms with van der Waals surface area (Å²) in [6, 6.07) is 10.7. The minimum Gasteiger partial charge on any atom is -0.494 e. The second kappa shape index (κ2) is 8.25. The van der Waals surface area contributed by atoms with Gasteiger partial charge in [0.2, 0.25) is 0 Å². The first kappa shape index (κ1) is 17.0. The molecule has 0 bridgehead atoms. The van der Waals surface area contributed by atoms with E-state index < -0.39 is 0 Å². The molecule has 0 amide bonds. The number of thiophene rings is 1. The fourth-order valence-corrected chi connectivity index (χ4v) is 2.91. The predicted molar refractivity (Wildman–Crippen MR) is 84.5 cm³/mol. The number of ether oxygens (including phenoxy) is 1. The highest BCUT2D eigenvalue weighted by atomic mass is 35.5. The van der Waals surface area contributed by atoms with Crippen LogP contribution in [-0.4, -0.2) is 25.6 Å². The summed E-state index contributed by atoms with van der Waals surface area (Å²) in [6.45, 7) is 0.617. The van der Waals surface area contributed by atoms with Crippen molar-refractivity contribution in [2.75, 3.05) is 20.7 Å². The second-order valence-electron chi connectivity index (χ2n) is 4.59. The third-order valence-corrected chi connectivity index (χ3v) is 3.94. The molecule has 1 aromatic heterocycles. The molecule has 2 nitrogen and oxygen atoms in total. The van der Waals surface area contributed by atoms with Crippen LogP contribution < -0.4 is 4.74 Å². The molecular formula is C15H19ClFNOS. The summed E-state index contributed by atoms with van der Waals surface area (Å²) in [7, 11) is 4.14. The van der Waals surface area contributed by atoms with E-state index in [-0.39, 0.29) is 18.2 Å². The van der Waals surface area contributed by atoms with Gasteiger partial charge in [0.15, 0.2) is 0 Å². The largest absolute Gasteiger partial charge is 0.494 e. The highest BCUT2D eigenvalue weighted by molar-refractivity contribution is 7.10. The van der Waals surface area contributed by atoms with E-state index in [0.717, 1.165) is 6.42 Å². The van der Waals surface area contributed by atoms with Gasteiger partial charge in [0.25, 0.3) is 0 Å². The number of nitrogens with zero attached hydrogens (tertiary/aromatic N) is 1. The molecule has 0 fully saturated rings. The first-order chi connectivity index (χ1) is 9.16. The molecule has 1 atom stereocenters. The van der Waals surface area contributed by atoms with Crippen molar-refractivity contribution in [2.45, 2.75) is 12.5 Å². The Balaban J connectivity index is 0.00000200. The van der Waals surface area contributed by atoms with Gasteiger partial charge >= 0.3 is 0 Å². The Morgan fingerprint density at radius 2 is 1.90 bits per heavy atom. The lowest BCUT2D eigenvalue weighted by molar-refractivity contribution is 0.226. The topological polar surface area (TPSA) is 12.5 Å². The maximum Gasteiger partial charge on any atom is 0.123 e. The van der Waals surface area contributed by atoms with Gasteiger partial charge in [0, 0.05) is 17.3 Å². The summed E-state index contributed by atoms with van der Waals surface area (Å²) in [6.07, 6.45) is 0.908. The zero-order valence-electron chi connectivity index (χ0n) is 11.6. The molecule has 0 aliphatic carbocycles. The Hall–Kier alpha value is -1.10. The van der Waals surface area contributed by atoms with Crippen LogP contribution in [0.4, 0.5) is 4.39 Å². The van der Waals surface area contributed by atoms with Crippen molar-refractivity contribution in [1.29, 1.82) is 0 Å². The number of hydrogen-bond donors (Lipinski definition) is 0. The van der Waals surface area contributed by atoms with Crippen LogP contribution in [0.25, 0.3) is 0 Å². The smallest absolute Gasteiger partial charge is 0.123 e. The van der Waals surface area contributed by atoms with Crippen molar-refractivity contribution >= 4 is 23.7 Å². The van der Waals surface area contributed by atoms with E-state index in [1.54, 1.807) is 23.5 Å². The van der Waals surface area contributed by atoms with Crippen molar-refractivity contribution < 1.29 is 9.13 Å². The summed E-state index contributed by atoms with van der Waals surface area (Å²) in [5, 5.41) is 2.09. The Labute approximate surface area is 129 Å². The number of benzene rings is 1. The SMILES string of the molecule is CN(C)C(CCOc1ccc(F)cc1)c1cccs1.Cl. The molecule has 0 spiro atoms. The standard InChI is InChI=1S/C15H18FNOS.ClH/c1-17(2)14(15-4-3-11-19-15)9-10-18-13-7-5-12(16)6-8-13;/h3-8,11,14H,9-10H2,1-2H3;1H. The van der Waals surface area contributed by atoms with Gasteiger partial charge < -0.3 is 9.64 Å². The van der Waals surface area contributed by atoms with Gasteiger partial charge in [-0.3, -0.25) is 0 Å². The molecule has 1 unspecified atom stereocenters. The molecule has 0 aliphatic heterocycles. The molecule has 5 heteroatoms. The van der Waals surface area contributed by atoms with Gasteiger partial charge in [0.05, 0.1) is 6.61 Å². The number of halogens is 2. The first-order valence-electron chi connectivity index (χ1n) is 6.25. The molecule has 0 saturated heterocycles. The third kappa shape index (κ3) is 4.78. The Morgan fingerprint density at radius 3 is 2.45 bits per heavy atom. The van der Waals surface area contributed by atoms with Crippen LogP contribution in [0.3, 0.4) is 0 Å². The van der Waals surface area contributed by atoms with Crippen LogP contribution in [0.1, 0.15) is 17.3 Å². The molecule has 1 heterocycles.